The van der Waals surface area contributed by atoms with Crippen molar-refractivity contribution in [3.63, 3.8) is 0 Å². The third kappa shape index (κ3) is 3.79. The molecular weight excluding hydrogens is 388 g/mol. The Hall–Kier alpha value is -3.04. The van der Waals surface area contributed by atoms with Crippen LogP contribution in [0.1, 0.15) is 18.6 Å². The van der Waals surface area contributed by atoms with Gasteiger partial charge in [-0.2, -0.15) is 10.2 Å². The highest BCUT2D eigenvalue weighted by molar-refractivity contribution is 8.00. The lowest BCUT2D eigenvalue weighted by molar-refractivity contribution is 0.119. The minimum Gasteiger partial charge on any atom is -0.494 e. The van der Waals surface area contributed by atoms with Crippen molar-refractivity contribution in [3.8, 4) is 11.6 Å². The van der Waals surface area contributed by atoms with Gasteiger partial charge < -0.3 is 14.2 Å². The number of benzene rings is 1. The Labute approximate surface area is 173 Å². The van der Waals surface area contributed by atoms with E-state index >= 15 is 0 Å². The molecule has 8 nitrogen and oxygen atoms in total. The first-order chi connectivity index (χ1) is 14.1. The van der Waals surface area contributed by atoms with E-state index in [-0.39, 0.29) is 6.10 Å². The molecule has 0 saturated heterocycles. The zero-order valence-electron chi connectivity index (χ0n) is 16.7. The van der Waals surface area contributed by atoms with Gasteiger partial charge in [0.1, 0.15) is 11.4 Å². The molecule has 29 heavy (non-hydrogen) atoms. The van der Waals surface area contributed by atoms with Crippen LogP contribution in [0.5, 0.6) is 5.75 Å². The van der Waals surface area contributed by atoms with Gasteiger partial charge in [-0.15, -0.1) is 0 Å². The Bertz CT molecular complexity index is 1140. The molecule has 1 unspecified atom stereocenters. The van der Waals surface area contributed by atoms with Gasteiger partial charge in [-0.3, -0.25) is 4.68 Å². The minimum absolute atomic E-state index is 0.00493. The van der Waals surface area contributed by atoms with E-state index in [0.29, 0.717) is 0 Å². The Balaban J connectivity index is 1.57. The van der Waals surface area contributed by atoms with Crippen LogP contribution >= 0.6 is 11.9 Å². The molecule has 3 heterocycles. The maximum Gasteiger partial charge on any atom is 0.153 e. The highest BCUT2D eigenvalue weighted by atomic mass is 32.2. The van der Waals surface area contributed by atoms with Gasteiger partial charge >= 0.3 is 0 Å². The molecule has 4 rings (SSSR count). The van der Waals surface area contributed by atoms with Crippen molar-refractivity contribution < 1.29 is 9.47 Å². The van der Waals surface area contributed by atoms with E-state index < -0.39 is 0 Å². The fourth-order valence-corrected chi connectivity index (χ4v) is 3.73. The summed E-state index contributed by atoms with van der Waals surface area (Å²) < 4.78 is 17.9. The summed E-state index contributed by atoms with van der Waals surface area (Å²) in [6.07, 6.45) is 7.32. The molecule has 3 aromatic heterocycles. The highest BCUT2D eigenvalue weighted by Gasteiger charge is 2.13. The van der Waals surface area contributed by atoms with E-state index in [9.17, 15) is 0 Å². The number of pyridine rings is 1. The van der Waals surface area contributed by atoms with Crippen LogP contribution < -0.4 is 9.46 Å². The molecule has 0 aliphatic carbocycles. The third-order valence-corrected chi connectivity index (χ3v) is 5.49. The number of anilines is 1. The van der Waals surface area contributed by atoms with Crippen LogP contribution in [0.4, 0.5) is 5.69 Å². The number of rotatable bonds is 7. The summed E-state index contributed by atoms with van der Waals surface area (Å²) in [5.41, 5.74) is 2.90. The molecule has 0 aliphatic heterocycles. The molecule has 4 aromatic rings. The van der Waals surface area contributed by atoms with Gasteiger partial charge in [0, 0.05) is 31.9 Å². The largest absolute Gasteiger partial charge is 0.494 e. The molecule has 1 N–H and O–H groups in total. The Morgan fingerprint density at radius 1 is 1.14 bits per heavy atom. The summed E-state index contributed by atoms with van der Waals surface area (Å²) in [5, 5.41) is 9.82. The zero-order chi connectivity index (χ0) is 20.4. The van der Waals surface area contributed by atoms with Gasteiger partial charge in [-0.05, 0) is 48.7 Å². The summed E-state index contributed by atoms with van der Waals surface area (Å²) in [4.78, 5) is 5.36. The van der Waals surface area contributed by atoms with Gasteiger partial charge in [-0.25, -0.2) is 9.67 Å². The number of nitrogens with zero attached hydrogens (tertiary/aromatic N) is 5. The summed E-state index contributed by atoms with van der Waals surface area (Å²) in [6, 6.07) is 7.85. The van der Waals surface area contributed by atoms with Crippen molar-refractivity contribution in [1.29, 1.82) is 0 Å². The van der Waals surface area contributed by atoms with E-state index in [1.807, 2.05) is 55.3 Å². The minimum atomic E-state index is -0.00493. The smallest absolute Gasteiger partial charge is 0.153 e. The summed E-state index contributed by atoms with van der Waals surface area (Å²) in [5.74, 6) is 1.49. The second-order valence-corrected chi connectivity index (χ2v) is 7.38. The van der Waals surface area contributed by atoms with Gasteiger partial charge in [0.05, 0.1) is 36.0 Å². The lowest BCUT2D eigenvalue weighted by Crippen LogP contribution is -2.02. The normalized spacial score (nSPS) is 12.3. The second-order valence-electron chi connectivity index (χ2n) is 6.50. The lowest BCUT2D eigenvalue weighted by atomic mass is 10.2. The molecule has 1 atom stereocenters. The van der Waals surface area contributed by atoms with Crippen LogP contribution in [-0.2, 0) is 11.8 Å². The highest BCUT2D eigenvalue weighted by Crippen LogP contribution is 2.36. The Kier molecular flexibility index (Phi) is 5.41. The number of ether oxygens (including phenoxy) is 2. The van der Waals surface area contributed by atoms with Gasteiger partial charge in [0.25, 0.3) is 0 Å². The number of aromatic nitrogens is 5. The van der Waals surface area contributed by atoms with Crippen LogP contribution in [0.15, 0.2) is 53.9 Å². The first-order valence-electron chi connectivity index (χ1n) is 9.06. The van der Waals surface area contributed by atoms with Crippen LogP contribution in [0, 0.1) is 0 Å². The van der Waals surface area contributed by atoms with Crippen molar-refractivity contribution in [2.24, 2.45) is 7.05 Å². The van der Waals surface area contributed by atoms with Crippen LogP contribution in [0.25, 0.3) is 16.7 Å². The molecule has 0 bridgehead atoms. The monoisotopic (exact) mass is 410 g/mol. The van der Waals surface area contributed by atoms with Crippen molar-refractivity contribution in [1.82, 2.24) is 24.5 Å². The van der Waals surface area contributed by atoms with Crippen LogP contribution in [-0.4, -0.2) is 38.8 Å². The number of methoxy groups -OCH3 is 2. The second kappa shape index (κ2) is 8.14. The Morgan fingerprint density at radius 2 is 2.00 bits per heavy atom. The molecule has 0 radical (unpaired) electrons. The summed E-state index contributed by atoms with van der Waals surface area (Å²) >= 11 is 1.45. The first-order valence-corrected chi connectivity index (χ1v) is 9.87. The maximum atomic E-state index is 5.53. The van der Waals surface area contributed by atoms with Crippen molar-refractivity contribution in [3.05, 3.63) is 54.6 Å². The van der Waals surface area contributed by atoms with E-state index in [4.69, 9.17) is 9.47 Å². The van der Waals surface area contributed by atoms with Gasteiger partial charge in [0.2, 0.25) is 0 Å². The van der Waals surface area contributed by atoms with Crippen LogP contribution in [0.3, 0.4) is 0 Å². The van der Waals surface area contributed by atoms with Gasteiger partial charge in [-0.1, -0.05) is 0 Å². The Morgan fingerprint density at radius 3 is 2.79 bits per heavy atom. The predicted molar refractivity (Wildman–Crippen MR) is 114 cm³/mol. The molecule has 9 heteroatoms. The van der Waals surface area contributed by atoms with Crippen LogP contribution in [0.2, 0.25) is 0 Å². The van der Waals surface area contributed by atoms with E-state index in [1.165, 1.54) is 11.9 Å². The number of hydrogen-bond donors (Lipinski definition) is 1. The average molecular weight is 411 g/mol. The maximum absolute atomic E-state index is 5.53. The fraction of sp³-hybridized carbons (Fsp3) is 0.250. The van der Waals surface area contributed by atoms with Crippen molar-refractivity contribution in [2.75, 3.05) is 18.9 Å². The molecular formula is C20H22N6O2S. The number of hydrogen-bond acceptors (Lipinski definition) is 7. The predicted octanol–water partition coefficient (Wildman–Crippen LogP) is 3.99. The van der Waals surface area contributed by atoms with Crippen molar-refractivity contribution >= 4 is 28.5 Å². The lowest BCUT2D eigenvalue weighted by Gasteiger charge is -2.12. The quantitative estimate of drug-likeness (QED) is 0.462. The number of aryl methyl sites for hydroxylation is 1. The zero-order valence-corrected chi connectivity index (χ0v) is 17.5. The average Bonchev–Trinajstić information content (AvgIpc) is 3.38. The van der Waals surface area contributed by atoms with E-state index in [0.717, 1.165) is 38.6 Å². The molecule has 0 saturated carbocycles. The summed E-state index contributed by atoms with van der Waals surface area (Å²) in [7, 11) is 5.26. The molecule has 150 valence electrons. The first kappa shape index (κ1) is 19.3. The molecule has 0 aliphatic rings. The standard InChI is InChI=1S/C20H22N6O2S/c1-13(27-3)14-7-8-21-18(9-14)26-12-16(11-23-26)29-24-19-17(28-4)6-5-15-10-22-25(2)20(15)19/h5-13,24H,1-4H3. The van der Waals surface area contributed by atoms with E-state index in [1.54, 1.807) is 31.3 Å². The number of fused-ring (bicyclic) bond motifs is 1. The number of nitrogens with one attached hydrogen (secondary N) is 1. The van der Waals surface area contributed by atoms with E-state index in [2.05, 4.69) is 19.9 Å². The SMILES string of the molecule is COc1ccc2cnn(C)c2c1NSc1cnn(-c2cc(C(C)OC)ccn2)c1. The summed E-state index contributed by atoms with van der Waals surface area (Å²) in [6.45, 7) is 2.00. The molecule has 0 fully saturated rings. The fourth-order valence-electron chi connectivity index (χ4n) is 3.06. The molecule has 1 aromatic carbocycles. The third-order valence-electron chi connectivity index (χ3n) is 4.74. The van der Waals surface area contributed by atoms with Gasteiger partial charge in [0.15, 0.2) is 5.82 Å². The van der Waals surface area contributed by atoms with Crippen molar-refractivity contribution in [2.45, 2.75) is 17.9 Å². The molecule has 0 amide bonds. The topological polar surface area (TPSA) is 79.0 Å². The molecule has 0 spiro atoms.